The van der Waals surface area contributed by atoms with E-state index in [1.165, 1.54) is 6.92 Å². The van der Waals surface area contributed by atoms with Crippen LogP contribution in [0.4, 0.5) is 11.4 Å². The van der Waals surface area contributed by atoms with Crippen LogP contribution in [-0.2, 0) is 19.6 Å². The van der Waals surface area contributed by atoms with Crippen molar-refractivity contribution in [2.24, 2.45) is 0 Å². The molecular weight excluding hydrogens is 468 g/mol. The molecule has 0 saturated heterocycles. The molecule has 0 aliphatic heterocycles. The molecule has 0 aliphatic carbocycles. The normalized spacial score (nSPS) is 11.9. The summed E-state index contributed by atoms with van der Waals surface area (Å²) in [5.74, 6) is 0.124. The summed E-state index contributed by atoms with van der Waals surface area (Å²) in [5.41, 5.74) is 1.56. The van der Waals surface area contributed by atoms with E-state index in [4.69, 9.17) is 9.47 Å². The van der Waals surface area contributed by atoms with Crippen LogP contribution in [0, 0.1) is 6.92 Å². The maximum absolute atomic E-state index is 13.1. The Hall–Kier alpha value is -3.85. The molecule has 0 aromatic heterocycles. The van der Waals surface area contributed by atoms with E-state index in [-0.39, 0.29) is 6.61 Å². The first-order valence-corrected chi connectivity index (χ1v) is 12.9. The van der Waals surface area contributed by atoms with Gasteiger partial charge < -0.3 is 14.8 Å². The van der Waals surface area contributed by atoms with Gasteiger partial charge in [0.15, 0.2) is 0 Å². The van der Waals surface area contributed by atoms with Crippen molar-refractivity contribution in [1.82, 2.24) is 0 Å². The number of sulfonamides is 1. The van der Waals surface area contributed by atoms with Crippen molar-refractivity contribution in [3.8, 4) is 11.5 Å². The van der Waals surface area contributed by atoms with Crippen molar-refractivity contribution in [3.63, 3.8) is 0 Å². The number of esters is 1. The average Bonchev–Trinajstić information content (AvgIpc) is 2.81. The van der Waals surface area contributed by atoms with Crippen LogP contribution in [0.25, 0.3) is 0 Å². The lowest BCUT2D eigenvalue weighted by molar-refractivity contribution is -0.116. The second-order valence-corrected chi connectivity index (χ2v) is 9.69. The fourth-order valence-electron chi connectivity index (χ4n) is 3.53. The zero-order valence-corrected chi connectivity index (χ0v) is 20.8. The van der Waals surface area contributed by atoms with E-state index in [1.807, 2.05) is 30.3 Å². The molecule has 0 saturated carbocycles. The topological polar surface area (TPSA) is 102 Å². The summed E-state index contributed by atoms with van der Waals surface area (Å²) in [6, 6.07) is 19.4. The molecule has 1 atom stereocenters. The lowest BCUT2D eigenvalue weighted by atomic mass is 10.1. The highest BCUT2D eigenvalue weighted by Crippen LogP contribution is 2.28. The van der Waals surface area contributed by atoms with Crippen LogP contribution >= 0.6 is 0 Å². The van der Waals surface area contributed by atoms with Gasteiger partial charge in [-0.05, 0) is 74.9 Å². The maximum atomic E-state index is 13.1. The number of nitrogens with zero attached hydrogens (tertiary/aromatic N) is 1. The molecule has 1 amide bonds. The molecule has 3 aromatic rings. The summed E-state index contributed by atoms with van der Waals surface area (Å²) in [7, 11) is -3.81. The zero-order chi connectivity index (χ0) is 25.6. The lowest BCUT2D eigenvalue weighted by Crippen LogP contribution is -2.45. The van der Waals surface area contributed by atoms with E-state index < -0.39 is 27.9 Å². The number of ether oxygens (including phenoxy) is 2. The van der Waals surface area contributed by atoms with E-state index >= 15 is 0 Å². The predicted molar refractivity (Wildman–Crippen MR) is 136 cm³/mol. The van der Waals surface area contributed by atoms with Gasteiger partial charge in [-0.2, -0.15) is 0 Å². The number of anilines is 2. The van der Waals surface area contributed by atoms with Gasteiger partial charge in [-0.1, -0.05) is 24.3 Å². The van der Waals surface area contributed by atoms with Crippen LogP contribution in [-0.4, -0.2) is 39.2 Å². The van der Waals surface area contributed by atoms with E-state index in [0.717, 1.165) is 10.6 Å². The molecule has 0 heterocycles. The van der Waals surface area contributed by atoms with Crippen LogP contribution in [0.3, 0.4) is 0 Å². The number of rotatable bonds is 9. The van der Waals surface area contributed by atoms with Crippen LogP contribution in [0.2, 0.25) is 0 Å². The molecule has 0 bridgehead atoms. The monoisotopic (exact) mass is 496 g/mol. The van der Waals surface area contributed by atoms with Gasteiger partial charge in [-0.25, -0.2) is 13.2 Å². The van der Waals surface area contributed by atoms with Crippen molar-refractivity contribution >= 4 is 33.3 Å². The largest absolute Gasteiger partial charge is 0.462 e. The standard InChI is InChI=1S/C26H28N2O6S/c1-5-33-26(30)23-12-9-13-24(18(23)2)27-25(29)19(3)28(35(4,31)32)20-14-16-22(17-15-20)34-21-10-7-6-8-11-21/h6-17,19H,5H2,1-4H3,(H,27,29). The number of carbonyl (C=O) groups excluding carboxylic acids is 2. The molecule has 1 N–H and O–H groups in total. The van der Waals surface area contributed by atoms with Crippen LogP contribution in [0.5, 0.6) is 11.5 Å². The molecule has 3 rings (SSSR count). The summed E-state index contributed by atoms with van der Waals surface area (Å²) < 4.78 is 37.1. The highest BCUT2D eigenvalue weighted by atomic mass is 32.2. The van der Waals surface area contributed by atoms with Gasteiger partial charge in [0.2, 0.25) is 15.9 Å². The van der Waals surface area contributed by atoms with Gasteiger partial charge >= 0.3 is 5.97 Å². The minimum Gasteiger partial charge on any atom is -0.462 e. The minimum atomic E-state index is -3.81. The molecule has 0 spiro atoms. The molecule has 35 heavy (non-hydrogen) atoms. The predicted octanol–water partition coefficient (Wildman–Crippen LogP) is 4.76. The van der Waals surface area contributed by atoms with Gasteiger partial charge in [-0.3, -0.25) is 9.10 Å². The number of carbonyl (C=O) groups is 2. The molecule has 0 aliphatic rings. The van der Waals surface area contributed by atoms with Crippen LogP contribution in [0.15, 0.2) is 72.8 Å². The third-order valence-corrected chi connectivity index (χ3v) is 6.49. The van der Waals surface area contributed by atoms with E-state index in [1.54, 1.807) is 56.3 Å². The number of amides is 1. The summed E-state index contributed by atoms with van der Waals surface area (Å²) >= 11 is 0. The number of para-hydroxylation sites is 1. The summed E-state index contributed by atoms with van der Waals surface area (Å²) in [5, 5.41) is 2.74. The first kappa shape index (κ1) is 25.8. The Bertz CT molecular complexity index is 1290. The molecule has 8 nitrogen and oxygen atoms in total. The van der Waals surface area contributed by atoms with Crippen molar-refractivity contribution in [2.75, 3.05) is 22.5 Å². The third-order valence-electron chi connectivity index (χ3n) is 5.25. The molecule has 1 unspecified atom stereocenters. The fourth-order valence-corrected chi connectivity index (χ4v) is 4.71. The fraction of sp³-hybridized carbons (Fsp3) is 0.231. The SMILES string of the molecule is CCOC(=O)c1cccc(NC(=O)C(C)N(c2ccc(Oc3ccccc3)cc2)S(C)(=O)=O)c1C. The number of benzene rings is 3. The molecule has 0 radical (unpaired) electrons. The Kier molecular flexibility index (Phi) is 8.14. The Balaban J connectivity index is 1.82. The van der Waals surface area contributed by atoms with Crippen molar-refractivity contribution in [2.45, 2.75) is 26.8 Å². The van der Waals surface area contributed by atoms with E-state index in [0.29, 0.717) is 34.0 Å². The second-order valence-electron chi connectivity index (χ2n) is 7.83. The van der Waals surface area contributed by atoms with Crippen LogP contribution < -0.4 is 14.4 Å². The first-order valence-electron chi connectivity index (χ1n) is 11.0. The van der Waals surface area contributed by atoms with Gasteiger partial charge in [-0.15, -0.1) is 0 Å². The Morgan fingerprint density at radius 1 is 0.943 bits per heavy atom. The quantitative estimate of drug-likeness (QED) is 0.429. The van der Waals surface area contributed by atoms with Crippen LogP contribution in [0.1, 0.15) is 29.8 Å². The summed E-state index contributed by atoms with van der Waals surface area (Å²) in [6.45, 7) is 5.12. The van der Waals surface area contributed by atoms with E-state index in [9.17, 15) is 18.0 Å². The van der Waals surface area contributed by atoms with Crippen molar-refractivity contribution < 1.29 is 27.5 Å². The smallest absolute Gasteiger partial charge is 0.338 e. The second kappa shape index (κ2) is 11.1. The Morgan fingerprint density at radius 3 is 2.17 bits per heavy atom. The number of hydrogen-bond acceptors (Lipinski definition) is 6. The summed E-state index contributed by atoms with van der Waals surface area (Å²) in [6.07, 6.45) is 1.04. The highest BCUT2D eigenvalue weighted by molar-refractivity contribution is 7.92. The molecule has 3 aromatic carbocycles. The molecule has 9 heteroatoms. The van der Waals surface area contributed by atoms with Gasteiger partial charge in [0.25, 0.3) is 0 Å². The Labute approximate surface area is 205 Å². The number of hydrogen-bond donors (Lipinski definition) is 1. The first-order chi connectivity index (χ1) is 16.6. The van der Waals surface area contributed by atoms with Crippen molar-refractivity contribution in [3.05, 3.63) is 83.9 Å². The minimum absolute atomic E-state index is 0.227. The van der Waals surface area contributed by atoms with E-state index in [2.05, 4.69) is 5.32 Å². The zero-order valence-electron chi connectivity index (χ0n) is 20.0. The third kappa shape index (κ3) is 6.39. The highest BCUT2D eigenvalue weighted by Gasteiger charge is 2.29. The number of nitrogens with one attached hydrogen (secondary N) is 1. The van der Waals surface area contributed by atoms with Gasteiger partial charge in [0.1, 0.15) is 17.5 Å². The Morgan fingerprint density at radius 2 is 1.57 bits per heavy atom. The average molecular weight is 497 g/mol. The van der Waals surface area contributed by atoms with Gasteiger partial charge in [0.05, 0.1) is 24.1 Å². The lowest BCUT2D eigenvalue weighted by Gasteiger charge is -2.28. The molecule has 184 valence electrons. The molecular formula is C26H28N2O6S. The summed E-state index contributed by atoms with van der Waals surface area (Å²) in [4.78, 5) is 25.3. The van der Waals surface area contributed by atoms with Gasteiger partial charge in [0, 0.05) is 5.69 Å². The maximum Gasteiger partial charge on any atom is 0.338 e. The molecule has 0 fully saturated rings. The van der Waals surface area contributed by atoms with Crippen molar-refractivity contribution in [1.29, 1.82) is 0 Å².